The molecule has 0 bridgehead atoms. The van der Waals surface area contributed by atoms with Gasteiger partial charge in [-0.05, 0) is 35.7 Å². The Balaban J connectivity index is 2.08. The van der Waals surface area contributed by atoms with Gasteiger partial charge < -0.3 is 14.9 Å². The van der Waals surface area contributed by atoms with Gasteiger partial charge in [-0.2, -0.15) is 0 Å². The van der Waals surface area contributed by atoms with Crippen LogP contribution in [0.5, 0.6) is 5.75 Å². The van der Waals surface area contributed by atoms with Crippen molar-refractivity contribution in [1.82, 2.24) is 9.38 Å². The second kappa shape index (κ2) is 6.16. The van der Waals surface area contributed by atoms with Gasteiger partial charge in [0.05, 0.1) is 0 Å². The molecule has 0 fully saturated rings. The van der Waals surface area contributed by atoms with Crippen LogP contribution in [0.2, 0.25) is 0 Å². The van der Waals surface area contributed by atoms with Crippen LogP contribution in [-0.4, -0.2) is 15.7 Å². The highest BCUT2D eigenvalue weighted by atomic mass is 19.4. The van der Waals surface area contributed by atoms with Crippen LogP contribution in [-0.2, 0) is 13.0 Å². The van der Waals surface area contributed by atoms with Crippen molar-refractivity contribution < 1.29 is 17.9 Å². The maximum absolute atomic E-state index is 12.3. The molecule has 0 radical (unpaired) electrons. The summed E-state index contributed by atoms with van der Waals surface area (Å²) in [5.41, 5.74) is 10.2. The summed E-state index contributed by atoms with van der Waals surface area (Å²) in [5.74, 6) is -0.255. The summed E-state index contributed by atoms with van der Waals surface area (Å²) in [6, 6.07) is 7.69. The fraction of sp³-hybridized carbons (Fsp3) is 0.235. The van der Waals surface area contributed by atoms with Gasteiger partial charge in [-0.25, -0.2) is 4.98 Å². The summed E-state index contributed by atoms with van der Waals surface area (Å²) in [5, 5.41) is 0. The quantitative estimate of drug-likeness (QED) is 0.786. The maximum atomic E-state index is 12.3. The molecule has 0 aliphatic heterocycles. The van der Waals surface area contributed by atoms with E-state index in [1.165, 1.54) is 12.1 Å². The highest BCUT2D eigenvalue weighted by molar-refractivity contribution is 5.79. The lowest BCUT2D eigenvalue weighted by atomic mass is 10.0. The van der Waals surface area contributed by atoms with E-state index in [0.717, 1.165) is 34.5 Å². The Bertz CT molecular complexity index is 854. The number of imidazole rings is 1. The number of aromatic nitrogens is 2. The molecule has 126 valence electrons. The summed E-state index contributed by atoms with van der Waals surface area (Å²) in [4.78, 5) is 4.37. The van der Waals surface area contributed by atoms with E-state index in [0.29, 0.717) is 6.54 Å². The standard InChI is InChI=1S/C17H16F3N3O/c1-2-15-12(10-21)9-14(16-22-7-8-23(15)16)11-3-5-13(6-4-11)24-17(18,19)20/h3-9H,2,10,21H2,1H3. The smallest absolute Gasteiger partial charge is 0.406 e. The molecule has 0 saturated carbocycles. The number of rotatable bonds is 4. The zero-order valence-corrected chi connectivity index (χ0v) is 13.0. The number of aryl methyl sites for hydroxylation is 1. The number of alkyl halides is 3. The van der Waals surface area contributed by atoms with Gasteiger partial charge in [0.1, 0.15) is 11.4 Å². The summed E-state index contributed by atoms with van der Waals surface area (Å²) in [6.07, 6.45) is -0.344. The van der Waals surface area contributed by atoms with E-state index in [9.17, 15) is 13.2 Å². The summed E-state index contributed by atoms with van der Waals surface area (Å²) in [6.45, 7) is 2.41. The monoisotopic (exact) mass is 335 g/mol. The topological polar surface area (TPSA) is 52.5 Å². The van der Waals surface area contributed by atoms with Gasteiger partial charge in [0.2, 0.25) is 0 Å². The van der Waals surface area contributed by atoms with E-state index >= 15 is 0 Å². The van der Waals surface area contributed by atoms with E-state index in [2.05, 4.69) is 9.72 Å². The lowest BCUT2D eigenvalue weighted by Gasteiger charge is -2.14. The third kappa shape index (κ3) is 3.07. The lowest BCUT2D eigenvalue weighted by Crippen LogP contribution is -2.16. The molecule has 0 aliphatic carbocycles. The molecule has 0 spiro atoms. The van der Waals surface area contributed by atoms with Crippen LogP contribution >= 0.6 is 0 Å². The van der Waals surface area contributed by atoms with E-state index in [4.69, 9.17) is 5.73 Å². The SMILES string of the molecule is CCc1c(CN)cc(-c2ccc(OC(F)(F)F)cc2)c2nccn12. The predicted molar refractivity (Wildman–Crippen MR) is 84.6 cm³/mol. The first kappa shape index (κ1) is 16.3. The third-order valence-electron chi connectivity index (χ3n) is 3.82. The number of pyridine rings is 1. The van der Waals surface area contributed by atoms with Crippen molar-refractivity contribution in [2.24, 2.45) is 5.73 Å². The Kier molecular flexibility index (Phi) is 4.19. The number of fused-ring (bicyclic) bond motifs is 1. The molecule has 0 unspecified atom stereocenters. The number of hydrogen-bond donors (Lipinski definition) is 1. The fourth-order valence-corrected chi connectivity index (χ4v) is 2.82. The largest absolute Gasteiger partial charge is 0.573 e. The van der Waals surface area contributed by atoms with Crippen LogP contribution in [0.4, 0.5) is 13.2 Å². The Morgan fingerprint density at radius 2 is 1.92 bits per heavy atom. The minimum Gasteiger partial charge on any atom is -0.406 e. The molecule has 2 aromatic heterocycles. The fourth-order valence-electron chi connectivity index (χ4n) is 2.82. The van der Waals surface area contributed by atoms with Crippen LogP contribution in [0, 0.1) is 0 Å². The van der Waals surface area contributed by atoms with E-state index in [-0.39, 0.29) is 5.75 Å². The van der Waals surface area contributed by atoms with Crippen LogP contribution in [0.15, 0.2) is 42.7 Å². The van der Waals surface area contributed by atoms with Crippen molar-refractivity contribution >= 4 is 5.65 Å². The van der Waals surface area contributed by atoms with Crippen LogP contribution in [0.25, 0.3) is 16.8 Å². The number of hydrogen-bond acceptors (Lipinski definition) is 3. The van der Waals surface area contributed by atoms with Gasteiger partial charge >= 0.3 is 6.36 Å². The average Bonchev–Trinajstić information content (AvgIpc) is 3.02. The normalized spacial score (nSPS) is 11.9. The molecule has 7 heteroatoms. The van der Waals surface area contributed by atoms with Gasteiger partial charge in [0, 0.05) is 30.2 Å². The Morgan fingerprint density at radius 3 is 2.50 bits per heavy atom. The number of ether oxygens (including phenoxy) is 1. The highest BCUT2D eigenvalue weighted by Gasteiger charge is 2.31. The molecule has 3 rings (SSSR count). The van der Waals surface area contributed by atoms with Gasteiger partial charge in [-0.15, -0.1) is 13.2 Å². The van der Waals surface area contributed by atoms with E-state index in [1.54, 1.807) is 18.3 Å². The first-order chi connectivity index (χ1) is 11.4. The number of nitrogens with zero attached hydrogens (tertiary/aromatic N) is 2. The lowest BCUT2D eigenvalue weighted by molar-refractivity contribution is -0.274. The van der Waals surface area contributed by atoms with Crippen LogP contribution < -0.4 is 10.5 Å². The number of nitrogens with two attached hydrogens (primary N) is 1. The van der Waals surface area contributed by atoms with Crippen LogP contribution in [0.3, 0.4) is 0 Å². The highest BCUT2D eigenvalue weighted by Crippen LogP contribution is 2.30. The van der Waals surface area contributed by atoms with Crippen molar-refractivity contribution in [2.75, 3.05) is 0 Å². The van der Waals surface area contributed by atoms with Crippen molar-refractivity contribution in [3.63, 3.8) is 0 Å². The molecule has 0 aliphatic rings. The van der Waals surface area contributed by atoms with Crippen molar-refractivity contribution in [3.8, 4) is 16.9 Å². The minimum absolute atomic E-state index is 0.255. The number of benzene rings is 1. The zero-order valence-electron chi connectivity index (χ0n) is 13.0. The van der Waals surface area contributed by atoms with Crippen molar-refractivity contribution in [3.05, 3.63) is 54.0 Å². The molecule has 0 amide bonds. The van der Waals surface area contributed by atoms with Gasteiger partial charge in [-0.3, -0.25) is 0 Å². The third-order valence-corrected chi connectivity index (χ3v) is 3.82. The van der Waals surface area contributed by atoms with Crippen molar-refractivity contribution in [2.45, 2.75) is 26.3 Å². The molecule has 0 saturated heterocycles. The maximum Gasteiger partial charge on any atom is 0.573 e. The molecular formula is C17H16F3N3O. The molecule has 3 aromatic rings. The second-order valence-electron chi connectivity index (χ2n) is 5.28. The zero-order chi connectivity index (χ0) is 17.3. The molecule has 4 nitrogen and oxygen atoms in total. The molecule has 24 heavy (non-hydrogen) atoms. The Hall–Kier alpha value is -2.54. The Labute approximate surface area is 136 Å². The van der Waals surface area contributed by atoms with E-state index in [1.807, 2.05) is 23.6 Å². The van der Waals surface area contributed by atoms with Crippen molar-refractivity contribution in [1.29, 1.82) is 0 Å². The van der Waals surface area contributed by atoms with Gasteiger partial charge in [0.15, 0.2) is 0 Å². The molecule has 2 heterocycles. The predicted octanol–water partition coefficient (Wildman–Crippen LogP) is 3.92. The summed E-state index contributed by atoms with van der Waals surface area (Å²) < 4.78 is 42.7. The van der Waals surface area contributed by atoms with Gasteiger partial charge in [-0.1, -0.05) is 19.1 Å². The molecule has 1 aromatic carbocycles. The Morgan fingerprint density at radius 1 is 1.21 bits per heavy atom. The first-order valence-corrected chi connectivity index (χ1v) is 7.47. The second-order valence-corrected chi connectivity index (χ2v) is 5.28. The molecule has 2 N–H and O–H groups in total. The summed E-state index contributed by atoms with van der Waals surface area (Å²) in [7, 11) is 0. The first-order valence-electron chi connectivity index (χ1n) is 7.47. The minimum atomic E-state index is -4.70. The molecule has 0 atom stereocenters. The summed E-state index contributed by atoms with van der Waals surface area (Å²) >= 11 is 0. The molecular weight excluding hydrogens is 319 g/mol. The van der Waals surface area contributed by atoms with E-state index < -0.39 is 6.36 Å². The number of halogens is 3. The van der Waals surface area contributed by atoms with Crippen LogP contribution in [0.1, 0.15) is 18.2 Å². The average molecular weight is 335 g/mol. The van der Waals surface area contributed by atoms with Gasteiger partial charge in [0.25, 0.3) is 0 Å².